The van der Waals surface area contributed by atoms with Gasteiger partial charge in [0.1, 0.15) is 5.82 Å². The summed E-state index contributed by atoms with van der Waals surface area (Å²) in [6, 6.07) is 4.44. The van der Waals surface area contributed by atoms with E-state index in [9.17, 15) is 9.18 Å². The molecule has 1 aliphatic heterocycles. The molecule has 86 valence electrons. The fraction of sp³-hybridized carbons (Fsp3) is 0.364. The fourth-order valence-electron chi connectivity index (χ4n) is 1.78. The highest BCUT2D eigenvalue weighted by Crippen LogP contribution is 2.19. The van der Waals surface area contributed by atoms with E-state index in [1.807, 2.05) is 0 Å². The largest absolute Gasteiger partial charge is 0.337 e. The van der Waals surface area contributed by atoms with E-state index in [1.165, 1.54) is 6.07 Å². The summed E-state index contributed by atoms with van der Waals surface area (Å²) in [5.41, 5.74) is 6.09. The van der Waals surface area contributed by atoms with Crippen LogP contribution in [-0.4, -0.2) is 29.9 Å². The van der Waals surface area contributed by atoms with Gasteiger partial charge in [-0.25, -0.2) is 4.39 Å². The molecule has 1 fully saturated rings. The maximum absolute atomic E-state index is 13.3. The van der Waals surface area contributed by atoms with Gasteiger partial charge < -0.3 is 10.6 Å². The molecule has 1 aromatic rings. The molecule has 0 aliphatic carbocycles. The number of nitrogens with two attached hydrogens (primary N) is 1. The van der Waals surface area contributed by atoms with Gasteiger partial charge in [0.15, 0.2) is 0 Å². The van der Waals surface area contributed by atoms with Crippen molar-refractivity contribution in [3.8, 4) is 0 Å². The average Bonchev–Trinajstić information content (AvgIpc) is 2.68. The van der Waals surface area contributed by atoms with Crippen LogP contribution < -0.4 is 5.73 Å². The second kappa shape index (κ2) is 4.51. The molecule has 0 bridgehead atoms. The summed E-state index contributed by atoms with van der Waals surface area (Å²) in [5.74, 6) is -0.575. The predicted octanol–water partition coefficient (Wildman–Crippen LogP) is 1.76. The van der Waals surface area contributed by atoms with Gasteiger partial charge in [-0.05, 0) is 40.5 Å². The van der Waals surface area contributed by atoms with Crippen LogP contribution in [0.2, 0.25) is 0 Å². The maximum Gasteiger partial charge on any atom is 0.254 e. The number of carbonyl (C=O) groups excluding carboxylic acids is 1. The molecular weight excluding hydrogens is 275 g/mol. The first kappa shape index (κ1) is 11.5. The van der Waals surface area contributed by atoms with Crippen molar-refractivity contribution in [3.63, 3.8) is 0 Å². The first-order valence-electron chi connectivity index (χ1n) is 5.08. The van der Waals surface area contributed by atoms with Crippen LogP contribution in [0.1, 0.15) is 16.8 Å². The minimum absolute atomic E-state index is 0.0456. The number of carbonyl (C=O) groups is 1. The minimum Gasteiger partial charge on any atom is -0.337 e. The highest BCUT2D eigenvalue weighted by molar-refractivity contribution is 9.10. The monoisotopic (exact) mass is 286 g/mol. The van der Waals surface area contributed by atoms with E-state index in [2.05, 4.69) is 15.9 Å². The van der Waals surface area contributed by atoms with Crippen LogP contribution in [0.3, 0.4) is 0 Å². The highest BCUT2D eigenvalue weighted by Gasteiger charge is 2.24. The van der Waals surface area contributed by atoms with Gasteiger partial charge in [0, 0.05) is 24.7 Å². The van der Waals surface area contributed by atoms with Crippen molar-refractivity contribution in [2.45, 2.75) is 12.5 Å². The molecule has 5 heteroatoms. The summed E-state index contributed by atoms with van der Waals surface area (Å²) in [6.07, 6.45) is 0.810. The lowest BCUT2D eigenvalue weighted by Gasteiger charge is -2.15. The molecule has 1 heterocycles. The number of benzene rings is 1. The van der Waals surface area contributed by atoms with Crippen molar-refractivity contribution in [1.29, 1.82) is 0 Å². The molecule has 1 amide bonds. The van der Waals surface area contributed by atoms with Crippen molar-refractivity contribution < 1.29 is 9.18 Å². The molecule has 16 heavy (non-hydrogen) atoms. The second-order valence-electron chi connectivity index (χ2n) is 3.93. The van der Waals surface area contributed by atoms with Crippen LogP contribution in [0.25, 0.3) is 0 Å². The molecule has 1 aliphatic rings. The molecule has 2 rings (SSSR count). The van der Waals surface area contributed by atoms with Gasteiger partial charge in [0.2, 0.25) is 0 Å². The molecular formula is C11H12BrFN2O. The SMILES string of the molecule is N[C@@H]1CCN(C(=O)c2ccc(Br)c(F)c2)C1. The summed E-state index contributed by atoms with van der Waals surface area (Å²) >= 11 is 3.05. The molecule has 0 saturated carbocycles. The second-order valence-corrected chi connectivity index (χ2v) is 4.78. The lowest BCUT2D eigenvalue weighted by molar-refractivity contribution is 0.0790. The first-order chi connectivity index (χ1) is 7.58. The Morgan fingerprint density at radius 3 is 2.88 bits per heavy atom. The molecule has 0 spiro atoms. The van der Waals surface area contributed by atoms with E-state index in [1.54, 1.807) is 17.0 Å². The molecule has 1 saturated heterocycles. The molecule has 2 N–H and O–H groups in total. The van der Waals surface area contributed by atoms with E-state index in [0.29, 0.717) is 23.1 Å². The Morgan fingerprint density at radius 1 is 1.56 bits per heavy atom. The van der Waals surface area contributed by atoms with Gasteiger partial charge in [-0.1, -0.05) is 0 Å². The normalized spacial score (nSPS) is 20.2. The standard InChI is InChI=1S/C11H12BrFN2O/c12-9-2-1-7(5-10(9)13)11(16)15-4-3-8(14)6-15/h1-2,5,8H,3-4,6,14H2/t8-/m1/s1. The van der Waals surface area contributed by atoms with Gasteiger partial charge in [-0.15, -0.1) is 0 Å². The third-order valence-electron chi connectivity index (χ3n) is 2.68. The number of likely N-dealkylation sites (tertiary alicyclic amines) is 1. The number of hydrogen-bond donors (Lipinski definition) is 1. The van der Waals surface area contributed by atoms with Gasteiger partial charge >= 0.3 is 0 Å². The van der Waals surface area contributed by atoms with Gasteiger partial charge in [0.05, 0.1) is 4.47 Å². The van der Waals surface area contributed by atoms with Gasteiger partial charge in [0.25, 0.3) is 5.91 Å². The van der Waals surface area contributed by atoms with Crippen LogP contribution in [0.4, 0.5) is 4.39 Å². The number of nitrogens with zero attached hydrogens (tertiary/aromatic N) is 1. The Bertz CT molecular complexity index is 424. The van der Waals surface area contributed by atoms with Crippen molar-refractivity contribution in [3.05, 3.63) is 34.1 Å². The summed E-state index contributed by atoms with van der Waals surface area (Å²) in [4.78, 5) is 13.6. The van der Waals surface area contributed by atoms with Crippen LogP contribution in [0.5, 0.6) is 0 Å². The van der Waals surface area contributed by atoms with Crippen molar-refractivity contribution >= 4 is 21.8 Å². The van der Waals surface area contributed by atoms with Gasteiger partial charge in [-0.3, -0.25) is 4.79 Å². The Balaban J connectivity index is 2.18. The van der Waals surface area contributed by atoms with Crippen molar-refractivity contribution in [2.24, 2.45) is 5.73 Å². The Hall–Kier alpha value is -0.940. The molecule has 3 nitrogen and oxygen atoms in total. The lowest BCUT2D eigenvalue weighted by atomic mass is 10.2. The van der Waals surface area contributed by atoms with Crippen molar-refractivity contribution in [2.75, 3.05) is 13.1 Å². The number of rotatable bonds is 1. The predicted molar refractivity (Wildman–Crippen MR) is 62.6 cm³/mol. The topological polar surface area (TPSA) is 46.3 Å². The van der Waals surface area contributed by atoms with Crippen LogP contribution in [-0.2, 0) is 0 Å². The quantitative estimate of drug-likeness (QED) is 0.855. The zero-order valence-corrected chi connectivity index (χ0v) is 10.2. The third kappa shape index (κ3) is 2.25. The molecule has 0 aromatic heterocycles. The zero-order chi connectivity index (χ0) is 11.7. The van der Waals surface area contributed by atoms with E-state index < -0.39 is 5.82 Å². The van der Waals surface area contributed by atoms with Crippen LogP contribution >= 0.6 is 15.9 Å². The molecule has 1 aromatic carbocycles. The van der Waals surface area contributed by atoms with Crippen LogP contribution in [0, 0.1) is 5.82 Å². The summed E-state index contributed by atoms with van der Waals surface area (Å²) < 4.78 is 13.6. The number of hydrogen-bond acceptors (Lipinski definition) is 2. The van der Waals surface area contributed by atoms with E-state index in [0.717, 1.165) is 6.42 Å². The zero-order valence-electron chi connectivity index (χ0n) is 8.62. The summed E-state index contributed by atoms with van der Waals surface area (Å²) in [6.45, 7) is 1.20. The van der Waals surface area contributed by atoms with Crippen LogP contribution in [0.15, 0.2) is 22.7 Å². The lowest BCUT2D eigenvalue weighted by Crippen LogP contribution is -2.31. The minimum atomic E-state index is -0.422. The number of amides is 1. The highest BCUT2D eigenvalue weighted by atomic mass is 79.9. The van der Waals surface area contributed by atoms with E-state index >= 15 is 0 Å². The molecule has 0 unspecified atom stereocenters. The summed E-state index contributed by atoms with van der Waals surface area (Å²) in [5, 5.41) is 0. The Morgan fingerprint density at radius 2 is 2.31 bits per heavy atom. The average molecular weight is 287 g/mol. The molecule has 0 radical (unpaired) electrons. The number of halogens is 2. The van der Waals surface area contributed by atoms with Gasteiger partial charge in [-0.2, -0.15) is 0 Å². The Kier molecular flexibility index (Phi) is 3.25. The van der Waals surface area contributed by atoms with E-state index in [4.69, 9.17) is 5.73 Å². The maximum atomic E-state index is 13.3. The smallest absolute Gasteiger partial charge is 0.254 e. The molecule has 1 atom stereocenters. The summed E-state index contributed by atoms with van der Waals surface area (Å²) in [7, 11) is 0. The first-order valence-corrected chi connectivity index (χ1v) is 5.87. The third-order valence-corrected chi connectivity index (χ3v) is 3.32. The van der Waals surface area contributed by atoms with E-state index in [-0.39, 0.29) is 11.9 Å². The Labute approximate surface area is 102 Å². The fourth-order valence-corrected chi connectivity index (χ4v) is 2.03. The van der Waals surface area contributed by atoms with Crippen molar-refractivity contribution in [1.82, 2.24) is 4.90 Å².